The molecule has 0 radical (unpaired) electrons. The number of rotatable bonds is 4. The minimum atomic E-state index is 0.895. The molecule has 0 aliphatic heterocycles. The Hall–Kier alpha value is -6.96. The Balaban J connectivity index is 1.28. The second kappa shape index (κ2) is 11.8. The Morgan fingerprint density at radius 3 is 1.25 bits per heavy atom. The van der Waals surface area contributed by atoms with Crippen LogP contribution in [0.4, 0.5) is 0 Å². The molecule has 0 saturated heterocycles. The molecule has 0 fully saturated rings. The fraction of sp³-hybridized carbons (Fsp3) is 0. The zero-order valence-electron chi connectivity index (χ0n) is 28.9. The predicted molar refractivity (Wildman–Crippen MR) is 225 cm³/mol. The van der Waals surface area contributed by atoms with Crippen LogP contribution in [-0.2, 0) is 0 Å². The highest BCUT2D eigenvalue weighted by Crippen LogP contribution is 2.50. The van der Waals surface area contributed by atoms with Gasteiger partial charge in [-0.3, -0.25) is 0 Å². The van der Waals surface area contributed by atoms with Gasteiger partial charge in [0.1, 0.15) is 11.2 Å². The van der Waals surface area contributed by atoms with Crippen molar-refractivity contribution in [1.82, 2.24) is 0 Å². The van der Waals surface area contributed by atoms with E-state index >= 15 is 0 Å². The van der Waals surface area contributed by atoms with Crippen molar-refractivity contribution in [1.29, 1.82) is 0 Å². The average molecular weight is 673 g/mol. The molecule has 246 valence electrons. The monoisotopic (exact) mass is 672 g/mol. The van der Waals surface area contributed by atoms with Crippen LogP contribution in [0.2, 0.25) is 0 Å². The van der Waals surface area contributed by atoms with Crippen LogP contribution in [0.15, 0.2) is 199 Å². The molecule has 0 amide bonds. The zero-order chi connectivity index (χ0) is 34.9. The first-order valence-corrected chi connectivity index (χ1v) is 18.3. The summed E-state index contributed by atoms with van der Waals surface area (Å²) in [6, 6.07) is 70.6. The first kappa shape index (κ1) is 29.7. The molecule has 53 heavy (non-hydrogen) atoms. The first-order chi connectivity index (χ1) is 26.3. The quantitative estimate of drug-likeness (QED) is 0.170. The number of hydrogen-bond acceptors (Lipinski definition) is 1. The second-order valence-electron chi connectivity index (χ2n) is 13.9. The van der Waals surface area contributed by atoms with E-state index in [0.717, 1.165) is 27.5 Å². The Bertz CT molecular complexity index is 3170. The van der Waals surface area contributed by atoms with Gasteiger partial charge in [0.25, 0.3) is 0 Å². The topological polar surface area (TPSA) is 13.1 Å². The van der Waals surface area contributed by atoms with Gasteiger partial charge in [-0.1, -0.05) is 176 Å². The normalized spacial score (nSPS) is 11.8. The van der Waals surface area contributed by atoms with Crippen LogP contribution < -0.4 is 0 Å². The molecule has 0 saturated carbocycles. The molecule has 0 atom stereocenters. The molecule has 1 aromatic heterocycles. The van der Waals surface area contributed by atoms with Crippen molar-refractivity contribution in [2.45, 2.75) is 0 Å². The lowest BCUT2D eigenvalue weighted by atomic mass is 9.81. The number of benzene rings is 10. The van der Waals surface area contributed by atoms with Crippen LogP contribution in [0, 0.1) is 0 Å². The summed E-state index contributed by atoms with van der Waals surface area (Å²) in [5.74, 6) is 0. The standard InChI is InChI=1S/C52H32O/c1-3-19-35-33(15-1)17-13-28-37(35)39-21-5-6-23-41(39)51-42-24-7-9-26-44(42)52(45-27-10-8-25-43(45)51)48-31-47-40-22-11-12-30-49(40)53-50(47)32-46(48)38-29-14-18-34-16-2-4-20-36(34)38/h1-32H. The fourth-order valence-corrected chi connectivity index (χ4v) is 8.77. The van der Waals surface area contributed by atoms with Crippen LogP contribution in [0.5, 0.6) is 0 Å². The van der Waals surface area contributed by atoms with Crippen molar-refractivity contribution in [3.63, 3.8) is 0 Å². The SMILES string of the molecule is c1ccc(-c2c3ccccc3c(-c3cc4c(cc3-c3cccc5ccccc35)oc3ccccc34)c3ccccc23)c(-c2cccc3ccccc23)c1. The Morgan fingerprint density at radius 2 is 0.642 bits per heavy atom. The van der Waals surface area contributed by atoms with E-state index in [9.17, 15) is 0 Å². The Kier molecular flexibility index (Phi) is 6.62. The largest absolute Gasteiger partial charge is 0.456 e. The van der Waals surface area contributed by atoms with E-state index < -0.39 is 0 Å². The summed E-state index contributed by atoms with van der Waals surface area (Å²) in [5.41, 5.74) is 11.5. The molecule has 1 nitrogen and oxygen atoms in total. The fourth-order valence-electron chi connectivity index (χ4n) is 8.77. The van der Waals surface area contributed by atoms with Gasteiger partial charge in [-0.05, 0) is 106 Å². The molecule has 0 aliphatic rings. The van der Waals surface area contributed by atoms with E-state index in [2.05, 4.69) is 188 Å². The lowest BCUT2D eigenvalue weighted by Gasteiger charge is -2.22. The van der Waals surface area contributed by atoms with Crippen molar-refractivity contribution < 1.29 is 4.42 Å². The average Bonchev–Trinajstić information content (AvgIpc) is 3.59. The van der Waals surface area contributed by atoms with Crippen LogP contribution in [0.1, 0.15) is 0 Å². The minimum Gasteiger partial charge on any atom is -0.456 e. The van der Waals surface area contributed by atoms with Gasteiger partial charge in [0.05, 0.1) is 0 Å². The smallest absolute Gasteiger partial charge is 0.136 e. The van der Waals surface area contributed by atoms with E-state index in [1.165, 1.54) is 82.0 Å². The van der Waals surface area contributed by atoms with Crippen LogP contribution in [0.3, 0.4) is 0 Å². The maximum Gasteiger partial charge on any atom is 0.136 e. The van der Waals surface area contributed by atoms with Gasteiger partial charge in [0.15, 0.2) is 0 Å². The van der Waals surface area contributed by atoms with Gasteiger partial charge in [-0.15, -0.1) is 0 Å². The summed E-state index contributed by atoms with van der Waals surface area (Å²) in [6.45, 7) is 0. The maximum atomic E-state index is 6.56. The molecule has 1 heteroatoms. The number of furan rings is 1. The minimum absolute atomic E-state index is 0.895. The van der Waals surface area contributed by atoms with E-state index in [-0.39, 0.29) is 0 Å². The summed E-state index contributed by atoms with van der Waals surface area (Å²) in [7, 11) is 0. The molecule has 0 bridgehead atoms. The van der Waals surface area contributed by atoms with E-state index in [1.54, 1.807) is 0 Å². The molecule has 0 unspecified atom stereocenters. The summed E-state index contributed by atoms with van der Waals surface area (Å²) >= 11 is 0. The number of hydrogen-bond donors (Lipinski definition) is 0. The van der Waals surface area contributed by atoms with Gasteiger partial charge >= 0.3 is 0 Å². The zero-order valence-corrected chi connectivity index (χ0v) is 28.9. The summed E-state index contributed by atoms with van der Waals surface area (Å²) in [4.78, 5) is 0. The van der Waals surface area contributed by atoms with Gasteiger partial charge in [-0.25, -0.2) is 0 Å². The predicted octanol–water partition coefficient (Wildman–Crippen LogP) is 14.9. The molecule has 11 rings (SSSR count). The highest BCUT2D eigenvalue weighted by molar-refractivity contribution is 6.25. The third kappa shape index (κ3) is 4.58. The molecule has 1 heterocycles. The molecule has 0 N–H and O–H groups in total. The summed E-state index contributed by atoms with van der Waals surface area (Å²) < 4.78 is 6.56. The van der Waals surface area contributed by atoms with Crippen molar-refractivity contribution in [3.05, 3.63) is 194 Å². The summed E-state index contributed by atoms with van der Waals surface area (Å²) in [5, 5.41) is 12.1. The van der Waals surface area contributed by atoms with E-state index in [4.69, 9.17) is 4.42 Å². The maximum absolute atomic E-state index is 6.56. The summed E-state index contributed by atoms with van der Waals surface area (Å²) in [6.07, 6.45) is 0. The van der Waals surface area contributed by atoms with Crippen LogP contribution >= 0.6 is 0 Å². The van der Waals surface area contributed by atoms with E-state index in [0.29, 0.717) is 0 Å². The van der Waals surface area contributed by atoms with Crippen molar-refractivity contribution >= 4 is 65.0 Å². The van der Waals surface area contributed by atoms with Gasteiger partial charge in [0, 0.05) is 10.8 Å². The van der Waals surface area contributed by atoms with Crippen molar-refractivity contribution in [2.75, 3.05) is 0 Å². The van der Waals surface area contributed by atoms with Crippen molar-refractivity contribution in [2.24, 2.45) is 0 Å². The molecular formula is C52H32O. The van der Waals surface area contributed by atoms with Gasteiger partial charge in [0.2, 0.25) is 0 Å². The van der Waals surface area contributed by atoms with E-state index in [1.807, 2.05) is 6.07 Å². The third-order valence-corrected chi connectivity index (χ3v) is 11.1. The van der Waals surface area contributed by atoms with Crippen molar-refractivity contribution in [3.8, 4) is 44.5 Å². The number of fused-ring (bicyclic) bond motifs is 7. The Morgan fingerprint density at radius 1 is 0.226 bits per heavy atom. The second-order valence-corrected chi connectivity index (χ2v) is 13.9. The highest BCUT2D eigenvalue weighted by Gasteiger charge is 2.23. The van der Waals surface area contributed by atoms with Gasteiger partial charge in [-0.2, -0.15) is 0 Å². The number of para-hydroxylation sites is 1. The molecule has 0 spiro atoms. The molecule has 0 aliphatic carbocycles. The van der Waals surface area contributed by atoms with Crippen LogP contribution in [0.25, 0.3) is 110 Å². The molecule has 10 aromatic carbocycles. The van der Waals surface area contributed by atoms with Crippen LogP contribution in [-0.4, -0.2) is 0 Å². The lowest BCUT2D eigenvalue weighted by Crippen LogP contribution is -1.94. The highest BCUT2D eigenvalue weighted by atomic mass is 16.3. The Labute approximate surface area is 307 Å². The lowest BCUT2D eigenvalue weighted by molar-refractivity contribution is 0.669. The van der Waals surface area contributed by atoms with Gasteiger partial charge < -0.3 is 4.42 Å². The molecule has 11 aromatic rings. The first-order valence-electron chi connectivity index (χ1n) is 18.3. The third-order valence-electron chi connectivity index (χ3n) is 11.1. The molecular weight excluding hydrogens is 641 g/mol.